The van der Waals surface area contributed by atoms with E-state index in [1.807, 2.05) is 0 Å². The fourth-order valence-corrected chi connectivity index (χ4v) is 1.46. The Hall–Kier alpha value is -1.07. The van der Waals surface area contributed by atoms with Crippen molar-refractivity contribution in [3.8, 4) is 0 Å². The SMILES string of the molecule is CN[C@@H](C[C@@H](O)C(F)(F)F)c1ccccc1. The highest BCUT2D eigenvalue weighted by Crippen LogP contribution is 2.27. The van der Waals surface area contributed by atoms with Crippen molar-refractivity contribution in [2.75, 3.05) is 7.05 Å². The summed E-state index contributed by atoms with van der Waals surface area (Å²) in [6.45, 7) is 0. The second kappa shape index (κ2) is 5.32. The van der Waals surface area contributed by atoms with Crippen LogP contribution in [0.2, 0.25) is 0 Å². The second-order valence-corrected chi connectivity index (χ2v) is 3.55. The molecular weight excluding hydrogens is 219 g/mol. The molecule has 0 aliphatic heterocycles. The molecule has 1 aromatic rings. The summed E-state index contributed by atoms with van der Waals surface area (Å²) in [5, 5.41) is 11.7. The van der Waals surface area contributed by atoms with Gasteiger partial charge in [-0.1, -0.05) is 30.3 Å². The summed E-state index contributed by atoms with van der Waals surface area (Å²) in [6.07, 6.45) is -7.25. The molecule has 0 fully saturated rings. The average molecular weight is 233 g/mol. The van der Waals surface area contributed by atoms with Crippen molar-refractivity contribution in [1.82, 2.24) is 5.32 Å². The Morgan fingerprint density at radius 1 is 1.25 bits per heavy atom. The fourth-order valence-electron chi connectivity index (χ4n) is 1.46. The zero-order valence-corrected chi connectivity index (χ0v) is 8.83. The van der Waals surface area contributed by atoms with Crippen LogP contribution < -0.4 is 5.32 Å². The molecule has 0 radical (unpaired) electrons. The van der Waals surface area contributed by atoms with Gasteiger partial charge in [-0.05, 0) is 12.6 Å². The number of nitrogens with one attached hydrogen (secondary N) is 1. The lowest BCUT2D eigenvalue weighted by Gasteiger charge is -2.21. The molecule has 0 spiro atoms. The first-order valence-corrected chi connectivity index (χ1v) is 4.92. The number of alkyl halides is 3. The number of rotatable bonds is 4. The van der Waals surface area contributed by atoms with Gasteiger partial charge in [0.1, 0.15) is 0 Å². The fraction of sp³-hybridized carbons (Fsp3) is 0.455. The van der Waals surface area contributed by atoms with Crippen molar-refractivity contribution < 1.29 is 18.3 Å². The minimum atomic E-state index is -4.57. The summed E-state index contributed by atoms with van der Waals surface area (Å²) < 4.78 is 36.6. The molecule has 90 valence electrons. The van der Waals surface area contributed by atoms with Crippen molar-refractivity contribution in [2.45, 2.75) is 24.7 Å². The van der Waals surface area contributed by atoms with E-state index in [1.54, 1.807) is 37.4 Å². The Kier molecular flexibility index (Phi) is 4.32. The van der Waals surface area contributed by atoms with Crippen molar-refractivity contribution in [1.29, 1.82) is 0 Å². The van der Waals surface area contributed by atoms with Gasteiger partial charge in [-0.25, -0.2) is 0 Å². The van der Waals surface area contributed by atoms with Crippen LogP contribution in [0.5, 0.6) is 0 Å². The van der Waals surface area contributed by atoms with Crippen LogP contribution in [0.3, 0.4) is 0 Å². The van der Waals surface area contributed by atoms with Crippen LogP contribution in [-0.2, 0) is 0 Å². The Labute approximate surface area is 92.1 Å². The van der Waals surface area contributed by atoms with Crippen molar-refractivity contribution in [3.63, 3.8) is 0 Å². The van der Waals surface area contributed by atoms with E-state index in [-0.39, 0.29) is 6.42 Å². The Morgan fingerprint density at radius 2 is 1.81 bits per heavy atom. The Morgan fingerprint density at radius 3 is 2.25 bits per heavy atom. The highest BCUT2D eigenvalue weighted by Gasteiger charge is 2.39. The standard InChI is InChI=1S/C11H14F3NO/c1-15-9(7-10(16)11(12,13)14)8-5-3-2-4-6-8/h2-6,9-10,15-16H,7H2,1H3/t9-,10+/m0/s1. The van der Waals surface area contributed by atoms with Gasteiger partial charge in [0.2, 0.25) is 0 Å². The molecule has 0 bridgehead atoms. The normalized spacial score (nSPS) is 15.8. The largest absolute Gasteiger partial charge is 0.414 e. The molecule has 2 atom stereocenters. The lowest BCUT2D eigenvalue weighted by molar-refractivity contribution is -0.207. The van der Waals surface area contributed by atoms with Crippen LogP contribution >= 0.6 is 0 Å². The van der Waals surface area contributed by atoms with E-state index < -0.39 is 18.3 Å². The summed E-state index contributed by atoms with van der Waals surface area (Å²) >= 11 is 0. The van der Waals surface area contributed by atoms with Gasteiger partial charge < -0.3 is 10.4 Å². The van der Waals surface area contributed by atoms with Gasteiger partial charge >= 0.3 is 6.18 Å². The van der Waals surface area contributed by atoms with E-state index in [2.05, 4.69) is 5.32 Å². The topological polar surface area (TPSA) is 32.3 Å². The zero-order chi connectivity index (χ0) is 12.2. The number of aliphatic hydroxyl groups excluding tert-OH is 1. The quantitative estimate of drug-likeness (QED) is 0.836. The lowest BCUT2D eigenvalue weighted by atomic mass is 10.0. The third-order valence-electron chi connectivity index (χ3n) is 2.39. The number of aliphatic hydroxyl groups is 1. The van der Waals surface area contributed by atoms with Crippen molar-refractivity contribution in [3.05, 3.63) is 35.9 Å². The molecule has 16 heavy (non-hydrogen) atoms. The molecule has 1 rings (SSSR count). The van der Waals surface area contributed by atoms with Crippen molar-refractivity contribution in [2.24, 2.45) is 0 Å². The molecule has 0 saturated carbocycles. The summed E-state index contributed by atoms with van der Waals surface area (Å²) in [6, 6.07) is 8.24. The maximum Gasteiger partial charge on any atom is 0.414 e. The predicted molar refractivity (Wildman–Crippen MR) is 54.9 cm³/mol. The molecule has 0 aromatic heterocycles. The summed E-state index contributed by atoms with van der Waals surface area (Å²) in [5.74, 6) is 0. The first-order chi connectivity index (χ1) is 7.45. The predicted octanol–water partition coefficient (Wildman–Crippen LogP) is 2.26. The second-order valence-electron chi connectivity index (χ2n) is 3.55. The van der Waals surface area contributed by atoms with Gasteiger partial charge in [-0.15, -0.1) is 0 Å². The highest BCUT2D eigenvalue weighted by molar-refractivity contribution is 5.18. The van der Waals surface area contributed by atoms with Gasteiger partial charge in [0, 0.05) is 12.5 Å². The summed E-state index contributed by atoms with van der Waals surface area (Å²) in [5.41, 5.74) is 0.730. The first-order valence-electron chi connectivity index (χ1n) is 4.92. The smallest absolute Gasteiger partial charge is 0.384 e. The van der Waals surface area contributed by atoms with Crippen LogP contribution in [0.25, 0.3) is 0 Å². The lowest BCUT2D eigenvalue weighted by Crippen LogP contribution is -2.33. The van der Waals surface area contributed by atoms with Crippen LogP contribution in [0.15, 0.2) is 30.3 Å². The molecule has 0 unspecified atom stereocenters. The molecule has 2 nitrogen and oxygen atoms in total. The van der Waals surface area contributed by atoms with Gasteiger partial charge in [0.25, 0.3) is 0 Å². The van der Waals surface area contributed by atoms with Crippen LogP contribution in [0.4, 0.5) is 13.2 Å². The number of hydrogen-bond donors (Lipinski definition) is 2. The average Bonchev–Trinajstić information content (AvgIpc) is 2.25. The molecule has 0 amide bonds. The van der Waals surface area contributed by atoms with Crippen LogP contribution in [0.1, 0.15) is 18.0 Å². The van der Waals surface area contributed by atoms with Crippen molar-refractivity contribution >= 4 is 0 Å². The zero-order valence-electron chi connectivity index (χ0n) is 8.83. The Balaban J connectivity index is 2.70. The molecule has 0 heterocycles. The van der Waals surface area contributed by atoms with E-state index >= 15 is 0 Å². The van der Waals surface area contributed by atoms with Gasteiger partial charge in [0.15, 0.2) is 6.10 Å². The van der Waals surface area contributed by atoms with E-state index in [0.29, 0.717) is 0 Å². The highest BCUT2D eigenvalue weighted by atomic mass is 19.4. The maximum absolute atomic E-state index is 12.2. The van der Waals surface area contributed by atoms with E-state index in [1.165, 1.54) is 0 Å². The molecule has 2 N–H and O–H groups in total. The van der Waals surface area contributed by atoms with Gasteiger partial charge in [-0.3, -0.25) is 0 Å². The molecule has 1 aromatic carbocycles. The minimum Gasteiger partial charge on any atom is -0.384 e. The van der Waals surface area contributed by atoms with Crippen LogP contribution in [0, 0.1) is 0 Å². The number of benzene rings is 1. The van der Waals surface area contributed by atoms with E-state index in [9.17, 15) is 13.2 Å². The third kappa shape index (κ3) is 3.50. The van der Waals surface area contributed by atoms with E-state index in [0.717, 1.165) is 5.56 Å². The molecular formula is C11H14F3NO. The number of hydrogen-bond acceptors (Lipinski definition) is 2. The third-order valence-corrected chi connectivity index (χ3v) is 2.39. The molecule has 0 saturated heterocycles. The molecule has 0 aliphatic rings. The first kappa shape index (κ1) is 13.0. The molecule has 0 aliphatic carbocycles. The van der Waals surface area contributed by atoms with Crippen LogP contribution in [-0.4, -0.2) is 24.4 Å². The summed E-state index contributed by atoms with van der Waals surface area (Å²) in [4.78, 5) is 0. The van der Waals surface area contributed by atoms with E-state index in [4.69, 9.17) is 5.11 Å². The minimum absolute atomic E-state index is 0.385. The summed E-state index contributed by atoms with van der Waals surface area (Å²) in [7, 11) is 1.57. The van der Waals surface area contributed by atoms with Gasteiger partial charge in [-0.2, -0.15) is 13.2 Å². The Bertz CT molecular complexity index is 313. The molecule has 5 heteroatoms. The maximum atomic E-state index is 12.2. The monoisotopic (exact) mass is 233 g/mol. The van der Waals surface area contributed by atoms with Gasteiger partial charge in [0.05, 0.1) is 0 Å². The number of halogens is 3.